The second-order valence-corrected chi connectivity index (χ2v) is 7.98. The normalized spacial score (nSPS) is 12.7. The minimum absolute atomic E-state index is 0.174. The van der Waals surface area contributed by atoms with E-state index in [0.717, 1.165) is 48.1 Å². The van der Waals surface area contributed by atoms with Crippen molar-refractivity contribution in [1.82, 2.24) is 10.6 Å². The topological polar surface area (TPSA) is 96.6 Å². The quantitative estimate of drug-likeness (QED) is 0.495. The van der Waals surface area contributed by atoms with E-state index >= 15 is 0 Å². The van der Waals surface area contributed by atoms with Crippen molar-refractivity contribution in [3.05, 3.63) is 17.0 Å². The molecule has 0 aromatic carbocycles. The van der Waals surface area contributed by atoms with Gasteiger partial charge in [-0.15, -0.1) is 11.3 Å². The van der Waals surface area contributed by atoms with Gasteiger partial charge >= 0.3 is 0 Å². The van der Waals surface area contributed by atoms with Crippen molar-refractivity contribution in [3.63, 3.8) is 0 Å². The summed E-state index contributed by atoms with van der Waals surface area (Å²) in [5.41, 5.74) is 0. The highest BCUT2D eigenvalue weighted by molar-refractivity contribution is 7.91. The van der Waals surface area contributed by atoms with Gasteiger partial charge in [0.05, 0.1) is 6.54 Å². The highest BCUT2D eigenvalue weighted by Gasteiger charge is 2.11. The number of primary sulfonamides is 1. The zero-order chi connectivity index (χ0) is 16.6. The van der Waals surface area contributed by atoms with Crippen molar-refractivity contribution in [2.75, 3.05) is 13.1 Å². The number of hydrogen-bond donors (Lipinski definition) is 3. The molecule has 0 unspecified atom stereocenters. The third-order valence-electron chi connectivity index (χ3n) is 3.37. The van der Waals surface area contributed by atoms with Gasteiger partial charge in [-0.1, -0.05) is 26.7 Å². The lowest BCUT2D eigenvalue weighted by Crippen LogP contribution is -2.39. The molecule has 0 saturated heterocycles. The van der Waals surface area contributed by atoms with Crippen LogP contribution in [-0.2, 0) is 16.6 Å². The summed E-state index contributed by atoms with van der Waals surface area (Å²) in [6.07, 6.45) is 2.26. The first kappa shape index (κ1) is 18.9. The summed E-state index contributed by atoms with van der Waals surface area (Å²) < 4.78 is 22.7. The lowest BCUT2D eigenvalue weighted by Gasteiger charge is -2.16. The van der Waals surface area contributed by atoms with Crippen LogP contribution in [0.15, 0.2) is 21.3 Å². The molecule has 0 fully saturated rings. The van der Waals surface area contributed by atoms with E-state index in [1.54, 1.807) is 6.07 Å². The molecule has 0 bridgehead atoms. The van der Waals surface area contributed by atoms with Gasteiger partial charge in [0, 0.05) is 18.0 Å². The standard InChI is InChI=1S/C14H26N4O2S2/c1-4-11(5-2)9-17-14(16-6-3)18-10-12-7-8-13(21-12)22(15,19)20/h7-8,11H,4-6,9-10H2,1-3H3,(H2,15,19,20)(H2,16,17,18). The molecule has 0 saturated carbocycles. The molecule has 0 radical (unpaired) electrons. The molecule has 0 aliphatic carbocycles. The van der Waals surface area contributed by atoms with E-state index in [1.807, 2.05) is 6.92 Å². The average Bonchev–Trinajstić information content (AvgIpc) is 2.94. The summed E-state index contributed by atoms with van der Waals surface area (Å²) in [5.74, 6) is 1.37. The first-order valence-electron chi connectivity index (χ1n) is 7.54. The molecular weight excluding hydrogens is 320 g/mol. The Bertz CT molecular complexity index is 577. The fourth-order valence-corrected chi connectivity index (χ4v) is 3.62. The third kappa shape index (κ3) is 6.33. The lowest BCUT2D eigenvalue weighted by molar-refractivity contribution is 0.481. The van der Waals surface area contributed by atoms with E-state index in [0.29, 0.717) is 12.5 Å². The number of hydrogen-bond acceptors (Lipinski definition) is 4. The van der Waals surface area contributed by atoms with E-state index < -0.39 is 10.0 Å². The molecule has 0 aliphatic heterocycles. The van der Waals surface area contributed by atoms with E-state index in [2.05, 4.69) is 29.5 Å². The second-order valence-electron chi connectivity index (χ2n) is 5.02. The Hall–Kier alpha value is -1.12. The molecule has 126 valence electrons. The summed E-state index contributed by atoms with van der Waals surface area (Å²) in [5, 5.41) is 11.6. The van der Waals surface area contributed by atoms with Crippen LogP contribution in [-0.4, -0.2) is 27.5 Å². The van der Waals surface area contributed by atoms with Crippen LogP contribution in [0.2, 0.25) is 0 Å². The number of nitrogens with zero attached hydrogens (tertiary/aromatic N) is 1. The van der Waals surface area contributed by atoms with Gasteiger partial charge in [0.25, 0.3) is 0 Å². The molecule has 1 rings (SSSR count). The maximum absolute atomic E-state index is 11.3. The molecule has 4 N–H and O–H groups in total. The Kier molecular flexibility index (Phi) is 7.84. The zero-order valence-electron chi connectivity index (χ0n) is 13.4. The summed E-state index contributed by atoms with van der Waals surface area (Å²) in [6.45, 7) is 8.46. The van der Waals surface area contributed by atoms with Crippen LogP contribution in [0.4, 0.5) is 0 Å². The maximum Gasteiger partial charge on any atom is 0.247 e. The van der Waals surface area contributed by atoms with Gasteiger partial charge in [-0.05, 0) is 25.0 Å². The number of guanidine groups is 1. The van der Waals surface area contributed by atoms with Crippen LogP contribution in [0.5, 0.6) is 0 Å². The number of rotatable bonds is 8. The fraction of sp³-hybridized carbons (Fsp3) is 0.643. The van der Waals surface area contributed by atoms with Crippen molar-refractivity contribution < 1.29 is 8.42 Å². The number of thiophene rings is 1. The average molecular weight is 347 g/mol. The monoisotopic (exact) mass is 346 g/mol. The van der Waals surface area contributed by atoms with Gasteiger partial charge in [0.15, 0.2) is 5.96 Å². The number of aliphatic imine (C=N–C) groups is 1. The van der Waals surface area contributed by atoms with Gasteiger partial charge in [0.2, 0.25) is 10.0 Å². The molecule has 1 aromatic rings. The smallest absolute Gasteiger partial charge is 0.247 e. The van der Waals surface area contributed by atoms with E-state index in [9.17, 15) is 8.42 Å². The van der Waals surface area contributed by atoms with E-state index in [1.165, 1.54) is 6.07 Å². The first-order valence-corrected chi connectivity index (χ1v) is 9.90. The molecule has 8 heteroatoms. The molecule has 22 heavy (non-hydrogen) atoms. The predicted molar refractivity (Wildman–Crippen MR) is 92.6 cm³/mol. The van der Waals surface area contributed by atoms with Crippen molar-refractivity contribution >= 4 is 27.3 Å². The maximum atomic E-state index is 11.3. The summed E-state index contributed by atoms with van der Waals surface area (Å²) >= 11 is 1.16. The van der Waals surface area contributed by atoms with Gasteiger partial charge in [0.1, 0.15) is 4.21 Å². The van der Waals surface area contributed by atoms with Crippen LogP contribution in [0.25, 0.3) is 0 Å². The van der Waals surface area contributed by atoms with Crippen LogP contribution in [0, 0.1) is 5.92 Å². The minimum Gasteiger partial charge on any atom is -0.357 e. The highest BCUT2D eigenvalue weighted by Crippen LogP contribution is 2.20. The van der Waals surface area contributed by atoms with Crippen molar-refractivity contribution in [2.45, 2.75) is 44.4 Å². The van der Waals surface area contributed by atoms with Crippen molar-refractivity contribution in [3.8, 4) is 0 Å². The Morgan fingerprint density at radius 1 is 1.27 bits per heavy atom. The minimum atomic E-state index is -3.62. The fourth-order valence-electron chi connectivity index (χ4n) is 1.91. The highest BCUT2D eigenvalue weighted by atomic mass is 32.2. The van der Waals surface area contributed by atoms with Crippen LogP contribution in [0.3, 0.4) is 0 Å². The second kappa shape index (κ2) is 9.12. The molecule has 1 heterocycles. The van der Waals surface area contributed by atoms with E-state index in [-0.39, 0.29) is 4.21 Å². The molecule has 0 amide bonds. The first-order chi connectivity index (χ1) is 10.4. The largest absolute Gasteiger partial charge is 0.357 e. The SMILES string of the molecule is CCNC(=NCc1ccc(S(N)(=O)=O)s1)NCC(CC)CC. The summed E-state index contributed by atoms with van der Waals surface area (Å²) in [6, 6.07) is 3.27. The van der Waals surface area contributed by atoms with Crippen LogP contribution < -0.4 is 15.8 Å². The summed E-state index contributed by atoms with van der Waals surface area (Å²) in [7, 11) is -3.62. The van der Waals surface area contributed by atoms with Crippen LogP contribution in [0.1, 0.15) is 38.5 Å². The van der Waals surface area contributed by atoms with Crippen molar-refractivity contribution in [1.29, 1.82) is 0 Å². The Balaban J connectivity index is 2.67. The van der Waals surface area contributed by atoms with Gasteiger partial charge < -0.3 is 10.6 Å². The van der Waals surface area contributed by atoms with E-state index in [4.69, 9.17) is 5.14 Å². The van der Waals surface area contributed by atoms with Gasteiger partial charge in [-0.3, -0.25) is 0 Å². The number of nitrogens with one attached hydrogen (secondary N) is 2. The van der Waals surface area contributed by atoms with Crippen molar-refractivity contribution in [2.24, 2.45) is 16.0 Å². The molecule has 6 nitrogen and oxygen atoms in total. The Morgan fingerprint density at radius 3 is 2.45 bits per heavy atom. The molecule has 1 aromatic heterocycles. The molecule has 0 atom stereocenters. The summed E-state index contributed by atoms with van der Waals surface area (Å²) in [4.78, 5) is 5.35. The molecular formula is C14H26N4O2S2. The molecule has 0 spiro atoms. The van der Waals surface area contributed by atoms with Crippen LogP contribution >= 0.6 is 11.3 Å². The third-order valence-corrected chi connectivity index (χ3v) is 5.88. The number of nitrogens with two attached hydrogens (primary N) is 1. The Morgan fingerprint density at radius 2 is 1.95 bits per heavy atom. The van der Waals surface area contributed by atoms with Gasteiger partial charge in [-0.2, -0.15) is 0 Å². The predicted octanol–water partition coefficient (Wildman–Crippen LogP) is 1.89. The van der Waals surface area contributed by atoms with Gasteiger partial charge in [-0.25, -0.2) is 18.5 Å². The Labute approximate surface area is 137 Å². The molecule has 0 aliphatic rings. The zero-order valence-corrected chi connectivity index (χ0v) is 15.1. The number of sulfonamides is 1. The lowest BCUT2D eigenvalue weighted by atomic mass is 10.0.